The fourth-order valence-corrected chi connectivity index (χ4v) is 7.40. The quantitative estimate of drug-likeness (QED) is 0.400. The first-order valence-corrected chi connectivity index (χ1v) is 12.6. The topological polar surface area (TPSA) is 92.5 Å². The molecule has 7 nitrogen and oxygen atoms in total. The van der Waals surface area contributed by atoms with E-state index in [1.54, 1.807) is 26.8 Å². The molecule has 36 heavy (non-hydrogen) atoms. The van der Waals surface area contributed by atoms with Crippen molar-refractivity contribution in [1.82, 2.24) is 10.1 Å². The normalized spacial score (nSPS) is 28.7. The number of anilines is 1. The summed E-state index contributed by atoms with van der Waals surface area (Å²) in [6.45, 7) is 5.27. The minimum atomic E-state index is -1.29. The summed E-state index contributed by atoms with van der Waals surface area (Å²) in [4.78, 5) is 40.2. The van der Waals surface area contributed by atoms with Crippen LogP contribution >= 0.6 is 23.2 Å². The highest BCUT2D eigenvalue weighted by Crippen LogP contribution is 2.69. The molecule has 1 N–H and O–H groups in total. The molecule has 3 aliphatic carbocycles. The number of carbonyl (C=O) groups excluding carboxylic acids is 3. The number of aryl methyl sites for hydroxylation is 1. The fourth-order valence-electron chi connectivity index (χ4n) is 6.31. The molecule has 184 valence electrons. The summed E-state index contributed by atoms with van der Waals surface area (Å²) in [5.74, 6) is -3.11. The highest BCUT2D eigenvalue weighted by molar-refractivity contribution is 6.36. The molecule has 3 aromatic rings. The summed E-state index contributed by atoms with van der Waals surface area (Å²) < 4.78 is 5.04. The van der Waals surface area contributed by atoms with E-state index in [0.29, 0.717) is 28.0 Å². The van der Waals surface area contributed by atoms with Gasteiger partial charge < -0.3 is 9.84 Å². The van der Waals surface area contributed by atoms with Crippen LogP contribution in [0, 0.1) is 24.7 Å². The largest absolute Gasteiger partial charge is 0.360 e. The van der Waals surface area contributed by atoms with Gasteiger partial charge in [0.15, 0.2) is 5.82 Å². The van der Waals surface area contributed by atoms with Crippen molar-refractivity contribution in [3.05, 3.63) is 82.6 Å². The Morgan fingerprint density at radius 1 is 0.944 bits per heavy atom. The lowest BCUT2D eigenvalue weighted by molar-refractivity contribution is -0.148. The molecule has 0 unspecified atom stereocenters. The Morgan fingerprint density at radius 3 is 1.75 bits per heavy atom. The smallest absolute Gasteiger partial charge is 0.249 e. The van der Waals surface area contributed by atoms with Crippen LogP contribution in [0.5, 0.6) is 0 Å². The van der Waals surface area contributed by atoms with Crippen molar-refractivity contribution < 1.29 is 18.9 Å². The summed E-state index contributed by atoms with van der Waals surface area (Å²) in [5, 5.41) is 6.49. The third-order valence-corrected chi connectivity index (χ3v) is 8.96. The van der Waals surface area contributed by atoms with Gasteiger partial charge in [-0.3, -0.25) is 19.3 Å². The van der Waals surface area contributed by atoms with Crippen molar-refractivity contribution in [2.24, 2.45) is 17.8 Å². The Bertz CT molecular complexity index is 1330. The first-order valence-electron chi connectivity index (χ1n) is 11.8. The molecule has 3 atom stereocenters. The van der Waals surface area contributed by atoms with Gasteiger partial charge in [0.2, 0.25) is 17.7 Å². The first kappa shape index (κ1) is 23.3. The highest BCUT2D eigenvalue weighted by atomic mass is 35.5. The van der Waals surface area contributed by atoms with Gasteiger partial charge in [0.25, 0.3) is 0 Å². The predicted molar refractivity (Wildman–Crippen MR) is 133 cm³/mol. The number of imide groups is 1. The number of benzene rings is 2. The zero-order valence-electron chi connectivity index (χ0n) is 19.8. The Labute approximate surface area is 217 Å². The van der Waals surface area contributed by atoms with Gasteiger partial charge in [-0.15, -0.1) is 23.2 Å². The molecule has 4 aliphatic rings. The third kappa shape index (κ3) is 2.75. The van der Waals surface area contributed by atoms with Crippen LogP contribution in [0.3, 0.4) is 0 Å². The van der Waals surface area contributed by atoms with Crippen LogP contribution in [0.1, 0.15) is 41.9 Å². The number of aromatic nitrogens is 1. The zero-order valence-corrected chi connectivity index (χ0v) is 21.3. The highest BCUT2D eigenvalue weighted by Gasteiger charge is 2.73. The van der Waals surface area contributed by atoms with Crippen molar-refractivity contribution in [2.75, 3.05) is 5.32 Å². The molecule has 3 amide bonds. The molecule has 9 heteroatoms. The molecule has 0 saturated carbocycles. The van der Waals surface area contributed by atoms with Gasteiger partial charge in [-0.1, -0.05) is 67.5 Å². The second kappa shape index (κ2) is 7.67. The van der Waals surface area contributed by atoms with Crippen molar-refractivity contribution in [2.45, 2.75) is 36.6 Å². The fraction of sp³-hybridized carbons (Fsp3) is 0.333. The van der Waals surface area contributed by atoms with Crippen LogP contribution in [-0.2, 0) is 24.1 Å². The Morgan fingerprint density at radius 2 is 1.39 bits per heavy atom. The number of hydrogen-bond donors (Lipinski definition) is 1. The lowest BCUT2D eigenvalue weighted by Crippen LogP contribution is -2.57. The van der Waals surface area contributed by atoms with E-state index in [1.807, 2.05) is 48.5 Å². The van der Waals surface area contributed by atoms with Gasteiger partial charge in [0.1, 0.15) is 21.6 Å². The molecule has 2 aromatic carbocycles. The maximum atomic E-state index is 14.2. The summed E-state index contributed by atoms with van der Waals surface area (Å²) >= 11 is 14.9. The van der Waals surface area contributed by atoms with E-state index in [2.05, 4.69) is 10.5 Å². The van der Waals surface area contributed by atoms with E-state index in [0.717, 1.165) is 4.90 Å². The molecule has 7 rings (SSSR count). The Kier molecular flexibility index (Phi) is 4.95. The van der Waals surface area contributed by atoms with E-state index in [1.165, 1.54) is 0 Å². The maximum Gasteiger partial charge on any atom is 0.249 e. The lowest BCUT2D eigenvalue weighted by atomic mass is 9.54. The maximum absolute atomic E-state index is 14.2. The van der Waals surface area contributed by atoms with Gasteiger partial charge in [-0.05, 0) is 35.1 Å². The number of halogens is 2. The SMILES string of the molecule is Cc1cc(NC(=O)[C@H](C(C)C)N2C(=O)[C@@H]3[C@H](C2=O)C2(Cl)c4ccccc4C3(Cl)c3ccccc32)no1. The van der Waals surface area contributed by atoms with Crippen LogP contribution < -0.4 is 5.32 Å². The number of likely N-dealkylation sites (tertiary alicyclic amines) is 1. The third-order valence-electron chi connectivity index (χ3n) is 7.68. The number of alkyl halides is 2. The zero-order chi connectivity index (χ0) is 25.6. The standard InChI is InChI=1S/C27H23Cl2N3O4/c1-13(2)22(23(33)30-19-12-14(3)36-31-19)32-24(34)20-21(25(32)35)27(29)16-9-5-4-8-15(16)26(20,28)17-10-6-7-11-18(17)27/h4-13,20-22H,1-3H3,(H,30,31,33)/t20-,21+,22-,26?,27?/m0/s1. The molecule has 1 aliphatic heterocycles. The van der Waals surface area contributed by atoms with Crippen LogP contribution in [0.25, 0.3) is 0 Å². The predicted octanol–water partition coefficient (Wildman–Crippen LogP) is 4.54. The van der Waals surface area contributed by atoms with Gasteiger partial charge in [0.05, 0.1) is 11.8 Å². The molecule has 1 saturated heterocycles. The van der Waals surface area contributed by atoms with Crippen molar-refractivity contribution in [3.8, 4) is 0 Å². The molecule has 0 radical (unpaired) electrons. The lowest BCUT2D eigenvalue weighted by Gasteiger charge is -2.54. The Hall–Kier alpha value is -3.16. The van der Waals surface area contributed by atoms with Gasteiger partial charge in [-0.25, -0.2) is 0 Å². The average molecular weight is 524 g/mol. The van der Waals surface area contributed by atoms with Crippen molar-refractivity contribution >= 4 is 46.7 Å². The minimum absolute atomic E-state index is 0.210. The second-order valence-corrected chi connectivity index (χ2v) is 11.2. The first-order chi connectivity index (χ1) is 17.1. The number of carbonyl (C=O) groups is 3. The summed E-state index contributed by atoms with van der Waals surface area (Å²) in [6.07, 6.45) is 0. The summed E-state index contributed by atoms with van der Waals surface area (Å²) in [7, 11) is 0. The second-order valence-electron chi connectivity index (χ2n) is 10.0. The number of rotatable bonds is 4. The van der Waals surface area contributed by atoms with Crippen LogP contribution in [0.15, 0.2) is 59.1 Å². The van der Waals surface area contributed by atoms with Crippen LogP contribution in [0.4, 0.5) is 5.82 Å². The number of amides is 3. The van der Waals surface area contributed by atoms with Gasteiger partial charge in [-0.2, -0.15) is 0 Å². The summed E-state index contributed by atoms with van der Waals surface area (Å²) in [5.41, 5.74) is 2.86. The molecule has 2 heterocycles. The van der Waals surface area contributed by atoms with Gasteiger partial charge in [0, 0.05) is 6.07 Å². The van der Waals surface area contributed by atoms with E-state index in [4.69, 9.17) is 27.7 Å². The molecular formula is C27H23Cl2N3O4. The molecule has 1 fully saturated rings. The summed E-state index contributed by atoms with van der Waals surface area (Å²) in [6, 6.07) is 15.4. The average Bonchev–Trinajstić information content (AvgIpc) is 3.38. The van der Waals surface area contributed by atoms with Crippen LogP contribution in [0.2, 0.25) is 0 Å². The van der Waals surface area contributed by atoms with Gasteiger partial charge >= 0.3 is 0 Å². The van der Waals surface area contributed by atoms with Crippen LogP contribution in [-0.4, -0.2) is 33.8 Å². The van der Waals surface area contributed by atoms with E-state index in [9.17, 15) is 14.4 Å². The monoisotopic (exact) mass is 523 g/mol. The van der Waals surface area contributed by atoms with E-state index >= 15 is 0 Å². The minimum Gasteiger partial charge on any atom is -0.360 e. The molecule has 0 spiro atoms. The van der Waals surface area contributed by atoms with E-state index in [-0.39, 0.29) is 11.7 Å². The molecular weight excluding hydrogens is 501 g/mol. The molecule has 1 aromatic heterocycles. The molecule has 2 bridgehead atoms. The number of hydrogen-bond acceptors (Lipinski definition) is 5. The number of nitrogens with one attached hydrogen (secondary N) is 1. The van der Waals surface area contributed by atoms with Crippen molar-refractivity contribution in [1.29, 1.82) is 0 Å². The number of nitrogens with zero attached hydrogens (tertiary/aromatic N) is 2. The van der Waals surface area contributed by atoms with E-state index < -0.39 is 45.3 Å². The Balaban J connectivity index is 1.50. The van der Waals surface area contributed by atoms with Crippen molar-refractivity contribution in [3.63, 3.8) is 0 Å².